The van der Waals surface area contributed by atoms with E-state index < -0.39 is 10.8 Å². The smallest absolute Gasteiger partial charge is 0.237 e. The van der Waals surface area contributed by atoms with E-state index in [9.17, 15) is 4.21 Å². The number of anilines is 1. The third-order valence-electron chi connectivity index (χ3n) is 3.32. The number of nitrogens with one attached hydrogen (secondary N) is 1. The van der Waals surface area contributed by atoms with Gasteiger partial charge in [0.05, 0.1) is 12.1 Å². The molecule has 1 unspecified atom stereocenters. The van der Waals surface area contributed by atoms with E-state index in [4.69, 9.17) is 4.74 Å². The van der Waals surface area contributed by atoms with E-state index in [1.54, 1.807) is 36.7 Å². The summed E-state index contributed by atoms with van der Waals surface area (Å²) >= 11 is 0. The number of aromatic nitrogens is 4. The van der Waals surface area contributed by atoms with Gasteiger partial charge in [0.2, 0.25) is 5.95 Å². The average molecular weight is 331 g/mol. The van der Waals surface area contributed by atoms with Crippen LogP contribution in [-0.2, 0) is 15.5 Å². The van der Waals surface area contributed by atoms with Crippen molar-refractivity contribution in [3.8, 4) is 5.95 Å². The van der Waals surface area contributed by atoms with E-state index in [1.807, 2.05) is 18.2 Å². The second-order valence-electron chi connectivity index (χ2n) is 4.89. The van der Waals surface area contributed by atoms with Crippen molar-refractivity contribution in [1.29, 1.82) is 0 Å². The van der Waals surface area contributed by atoms with E-state index in [2.05, 4.69) is 20.3 Å². The summed E-state index contributed by atoms with van der Waals surface area (Å²) in [6.45, 7) is 1.18. The van der Waals surface area contributed by atoms with Gasteiger partial charge in [-0.15, -0.1) is 0 Å². The Morgan fingerprint density at radius 2 is 2.22 bits per heavy atom. The van der Waals surface area contributed by atoms with Crippen molar-refractivity contribution < 1.29 is 8.95 Å². The Morgan fingerprint density at radius 1 is 1.35 bits per heavy atom. The van der Waals surface area contributed by atoms with Crippen LogP contribution in [0.4, 0.5) is 5.82 Å². The van der Waals surface area contributed by atoms with E-state index in [-0.39, 0.29) is 0 Å². The maximum Gasteiger partial charge on any atom is 0.237 e. The Balaban J connectivity index is 2.11. The van der Waals surface area contributed by atoms with Crippen molar-refractivity contribution in [3.05, 3.63) is 36.9 Å². The lowest BCUT2D eigenvalue weighted by atomic mass is 10.2. The van der Waals surface area contributed by atoms with E-state index in [0.29, 0.717) is 24.9 Å². The average Bonchev–Trinajstić information content (AvgIpc) is 3.08. The quantitative estimate of drug-likeness (QED) is 0.691. The monoisotopic (exact) mass is 331 g/mol. The van der Waals surface area contributed by atoms with Gasteiger partial charge in [-0.05, 0) is 18.2 Å². The van der Waals surface area contributed by atoms with E-state index >= 15 is 0 Å². The zero-order chi connectivity index (χ0) is 16.2. The van der Waals surface area contributed by atoms with Crippen molar-refractivity contribution in [3.63, 3.8) is 0 Å². The van der Waals surface area contributed by atoms with Crippen molar-refractivity contribution in [2.24, 2.45) is 0 Å². The van der Waals surface area contributed by atoms with Gasteiger partial charge in [-0.2, -0.15) is 4.98 Å². The van der Waals surface area contributed by atoms with Crippen LogP contribution in [0, 0.1) is 0 Å². The molecule has 0 amide bonds. The molecule has 0 saturated heterocycles. The number of rotatable bonds is 6. The Kier molecular flexibility index (Phi) is 4.63. The number of ether oxygens (including phenoxy) is 1. The van der Waals surface area contributed by atoms with Gasteiger partial charge in [-0.25, -0.2) is 9.97 Å². The number of benzene rings is 1. The summed E-state index contributed by atoms with van der Waals surface area (Å²) in [6.07, 6.45) is 6.76. The van der Waals surface area contributed by atoms with Gasteiger partial charge < -0.3 is 10.1 Å². The molecule has 23 heavy (non-hydrogen) atoms. The van der Waals surface area contributed by atoms with Crippen LogP contribution in [0.2, 0.25) is 0 Å². The van der Waals surface area contributed by atoms with Crippen LogP contribution in [0.1, 0.15) is 0 Å². The molecule has 0 aliphatic heterocycles. The molecule has 3 rings (SSSR count). The van der Waals surface area contributed by atoms with Crippen molar-refractivity contribution in [1.82, 2.24) is 19.5 Å². The number of hydrogen-bond acceptors (Lipinski definition) is 6. The first-order valence-corrected chi connectivity index (χ1v) is 8.61. The lowest BCUT2D eigenvalue weighted by molar-refractivity contribution is 0.210. The number of hydrogen-bond donors (Lipinski definition) is 1. The van der Waals surface area contributed by atoms with Crippen LogP contribution in [0.5, 0.6) is 0 Å². The maximum absolute atomic E-state index is 11.7. The fourth-order valence-electron chi connectivity index (χ4n) is 2.17. The van der Waals surface area contributed by atoms with Crippen molar-refractivity contribution >= 4 is 27.5 Å². The lowest BCUT2D eigenvalue weighted by Crippen LogP contribution is -2.11. The molecule has 2 aromatic heterocycles. The minimum Gasteiger partial charge on any atom is -0.383 e. The van der Waals surface area contributed by atoms with Gasteiger partial charge >= 0.3 is 0 Å². The highest BCUT2D eigenvalue weighted by atomic mass is 32.2. The molecule has 2 heterocycles. The third-order valence-corrected chi connectivity index (χ3v) is 4.24. The predicted molar refractivity (Wildman–Crippen MR) is 89.4 cm³/mol. The minimum atomic E-state index is -1.06. The molecule has 0 radical (unpaired) electrons. The molecule has 1 atom stereocenters. The molecule has 0 aliphatic rings. The number of imidazole rings is 1. The summed E-state index contributed by atoms with van der Waals surface area (Å²) in [5.74, 6) is 1.21. The first kappa shape index (κ1) is 15.6. The van der Waals surface area contributed by atoms with E-state index in [0.717, 1.165) is 15.8 Å². The van der Waals surface area contributed by atoms with Crippen LogP contribution in [0.3, 0.4) is 0 Å². The normalized spacial score (nSPS) is 12.4. The lowest BCUT2D eigenvalue weighted by Gasteiger charge is -2.11. The Labute approximate surface area is 136 Å². The zero-order valence-electron chi connectivity index (χ0n) is 12.9. The summed E-state index contributed by atoms with van der Waals surface area (Å²) < 4.78 is 18.5. The Hall–Kier alpha value is -2.32. The first-order chi connectivity index (χ1) is 11.2. The molecule has 0 spiro atoms. The molecule has 0 saturated carbocycles. The second kappa shape index (κ2) is 6.84. The fraction of sp³-hybridized carbons (Fsp3) is 0.267. The molecule has 0 bridgehead atoms. The van der Waals surface area contributed by atoms with Crippen molar-refractivity contribution in [2.75, 3.05) is 31.8 Å². The van der Waals surface area contributed by atoms with Gasteiger partial charge in [-0.3, -0.25) is 8.78 Å². The Morgan fingerprint density at radius 3 is 2.91 bits per heavy atom. The molecule has 8 heteroatoms. The zero-order valence-corrected chi connectivity index (χ0v) is 13.7. The Bertz CT molecular complexity index is 835. The van der Waals surface area contributed by atoms with Crippen LogP contribution < -0.4 is 5.32 Å². The molecule has 120 valence electrons. The van der Waals surface area contributed by atoms with Gasteiger partial charge in [-0.1, -0.05) is 0 Å². The molecule has 0 fully saturated rings. The maximum atomic E-state index is 11.7. The van der Waals surface area contributed by atoms with Crippen LogP contribution in [0.25, 0.3) is 16.9 Å². The van der Waals surface area contributed by atoms with Gasteiger partial charge in [0.1, 0.15) is 12.1 Å². The number of methoxy groups -OCH3 is 1. The number of fused-ring (bicyclic) bond motifs is 1. The minimum absolute atomic E-state index is 0.528. The first-order valence-electron chi connectivity index (χ1n) is 7.05. The highest BCUT2D eigenvalue weighted by Crippen LogP contribution is 2.24. The molecule has 1 N–H and O–H groups in total. The molecular weight excluding hydrogens is 314 g/mol. The highest BCUT2D eigenvalue weighted by molar-refractivity contribution is 7.84. The summed E-state index contributed by atoms with van der Waals surface area (Å²) in [5, 5.41) is 4.08. The van der Waals surface area contributed by atoms with Crippen LogP contribution in [-0.4, -0.2) is 50.2 Å². The summed E-state index contributed by atoms with van der Waals surface area (Å²) in [7, 11) is 0.589. The van der Waals surface area contributed by atoms with Gasteiger partial charge in [0.25, 0.3) is 0 Å². The predicted octanol–water partition coefficient (Wildman–Crippen LogP) is 1.61. The standard InChI is InChI=1S/C15H17N5O2S/c1-22-8-6-17-14-12-9-11(23(2)21)3-4-13(12)18-15(19-14)20-7-5-16-10-20/h3-5,7,9-10H,6,8H2,1-2H3,(H,17,18,19). The molecule has 7 nitrogen and oxygen atoms in total. The summed E-state index contributed by atoms with van der Waals surface area (Å²) in [6, 6.07) is 5.54. The number of nitrogens with zero attached hydrogens (tertiary/aromatic N) is 4. The SMILES string of the molecule is COCCNc1nc(-n2ccnc2)nc2ccc(S(C)=O)cc12. The van der Waals surface area contributed by atoms with E-state index in [1.165, 1.54) is 0 Å². The third kappa shape index (κ3) is 3.38. The summed E-state index contributed by atoms with van der Waals surface area (Å²) in [5.41, 5.74) is 0.776. The molecule has 1 aromatic carbocycles. The van der Waals surface area contributed by atoms with Crippen LogP contribution >= 0.6 is 0 Å². The van der Waals surface area contributed by atoms with Gasteiger partial charge in [0.15, 0.2) is 0 Å². The van der Waals surface area contributed by atoms with Crippen LogP contribution in [0.15, 0.2) is 41.8 Å². The molecule has 0 aliphatic carbocycles. The highest BCUT2D eigenvalue weighted by Gasteiger charge is 2.11. The fourth-order valence-corrected chi connectivity index (χ4v) is 2.72. The topological polar surface area (TPSA) is 81.9 Å². The molecule has 3 aromatic rings. The largest absolute Gasteiger partial charge is 0.383 e. The molecular formula is C15H17N5O2S. The second-order valence-corrected chi connectivity index (χ2v) is 6.27. The van der Waals surface area contributed by atoms with Crippen molar-refractivity contribution in [2.45, 2.75) is 4.90 Å². The van der Waals surface area contributed by atoms with Gasteiger partial charge in [0, 0.05) is 53.4 Å². The summed E-state index contributed by atoms with van der Waals surface area (Å²) in [4.78, 5) is 13.9.